The van der Waals surface area contributed by atoms with Crippen LogP contribution in [0.4, 0.5) is 28.9 Å². The van der Waals surface area contributed by atoms with E-state index < -0.39 is 36.9 Å². The number of methoxy groups -OCH3 is 2. The van der Waals surface area contributed by atoms with Crippen molar-refractivity contribution in [1.29, 1.82) is 0 Å². The normalized spacial score (nSPS) is 17.9. The van der Waals surface area contributed by atoms with Crippen molar-refractivity contribution in [2.45, 2.75) is 37.5 Å². The number of amides is 1. The van der Waals surface area contributed by atoms with E-state index in [-0.39, 0.29) is 31.9 Å². The lowest BCUT2D eigenvalue weighted by atomic mass is 10.0. The number of carbonyl (C=O) groups is 1. The molecule has 0 aliphatic carbocycles. The maximum Gasteiger partial charge on any atom is 0.406 e. The van der Waals surface area contributed by atoms with E-state index in [1.54, 1.807) is 36.4 Å². The van der Waals surface area contributed by atoms with Gasteiger partial charge in [0.15, 0.2) is 0 Å². The minimum Gasteiger partial charge on any atom is -0.495 e. The summed E-state index contributed by atoms with van der Waals surface area (Å²) in [4.78, 5) is 14.4. The number of alkyl halides is 4. The summed E-state index contributed by atoms with van der Waals surface area (Å²) in [6.07, 6.45) is -5.86. The summed E-state index contributed by atoms with van der Waals surface area (Å²) in [5.41, 5.74) is 1.91. The molecule has 1 unspecified atom stereocenters. The second-order valence-electron chi connectivity index (χ2n) is 10.7. The molecular formula is C31H37F4N5O4. The first-order chi connectivity index (χ1) is 21.0. The van der Waals surface area contributed by atoms with Gasteiger partial charge in [0.05, 0.1) is 49.3 Å². The molecule has 4 rings (SSSR count). The molecule has 3 aromatic rings. The third kappa shape index (κ3) is 8.56. The Balaban J connectivity index is 1.51. The molecule has 0 radical (unpaired) electrons. The third-order valence-electron chi connectivity index (χ3n) is 7.27. The first-order valence-corrected chi connectivity index (χ1v) is 14.1. The van der Waals surface area contributed by atoms with Crippen molar-refractivity contribution in [2.75, 3.05) is 64.7 Å². The Hall–Kier alpha value is -3.99. The van der Waals surface area contributed by atoms with Gasteiger partial charge in [-0.3, -0.25) is 4.79 Å². The zero-order valence-corrected chi connectivity index (χ0v) is 24.8. The number of aliphatic hydroxyl groups is 1. The van der Waals surface area contributed by atoms with Gasteiger partial charge in [-0.25, -0.2) is 4.39 Å². The molecule has 1 aliphatic heterocycles. The number of nitrogens with one attached hydrogen (secondary N) is 3. The van der Waals surface area contributed by atoms with Crippen LogP contribution in [0.25, 0.3) is 10.9 Å². The number of halogens is 4. The van der Waals surface area contributed by atoms with Gasteiger partial charge in [0.1, 0.15) is 18.5 Å². The van der Waals surface area contributed by atoms with Crippen molar-refractivity contribution in [3.63, 3.8) is 0 Å². The lowest BCUT2D eigenvalue weighted by molar-refractivity contribution is -0.140. The monoisotopic (exact) mass is 619 g/mol. The molecule has 0 saturated carbocycles. The lowest BCUT2D eigenvalue weighted by Crippen LogP contribution is -2.46. The molecule has 2 heterocycles. The number of aliphatic hydroxyl groups excluding tert-OH is 1. The lowest BCUT2D eigenvalue weighted by Gasteiger charge is -2.33. The number of piperidine rings is 1. The molecule has 1 aliphatic rings. The molecule has 4 N–H and O–H groups in total. The predicted octanol–water partition coefficient (Wildman–Crippen LogP) is 3.87. The van der Waals surface area contributed by atoms with Crippen molar-refractivity contribution in [3.8, 4) is 17.6 Å². The SMILES string of the molecule is COCC(O)CNC(=O)c1ccc(NCC#Cc2cc3c(N[C@@H]4CCN(C)C[C@@H]4F)cccc3n2CC(F)(F)F)c(OC)c1. The molecule has 3 atom stereocenters. The van der Waals surface area contributed by atoms with E-state index in [0.29, 0.717) is 46.6 Å². The first kappa shape index (κ1) is 32.9. The van der Waals surface area contributed by atoms with Gasteiger partial charge >= 0.3 is 6.18 Å². The van der Waals surface area contributed by atoms with Crippen LogP contribution >= 0.6 is 0 Å². The van der Waals surface area contributed by atoms with Gasteiger partial charge in [-0.15, -0.1) is 0 Å². The molecule has 238 valence electrons. The fourth-order valence-electron chi connectivity index (χ4n) is 5.10. The van der Waals surface area contributed by atoms with Crippen molar-refractivity contribution in [1.82, 2.24) is 14.8 Å². The number of benzene rings is 2. The molecule has 9 nitrogen and oxygen atoms in total. The number of nitrogens with zero attached hydrogens (tertiary/aromatic N) is 2. The number of hydrogen-bond donors (Lipinski definition) is 4. The number of ether oxygens (including phenoxy) is 2. The largest absolute Gasteiger partial charge is 0.495 e. The van der Waals surface area contributed by atoms with Crippen LogP contribution in [0.3, 0.4) is 0 Å². The number of hydrogen-bond acceptors (Lipinski definition) is 7. The molecule has 2 aromatic carbocycles. The van der Waals surface area contributed by atoms with E-state index in [0.717, 1.165) is 4.57 Å². The van der Waals surface area contributed by atoms with E-state index in [2.05, 4.69) is 27.8 Å². The number of carbonyl (C=O) groups excluding carboxylic acids is 1. The maximum absolute atomic E-state index is 14.7. The Morgan fingerprint density at radius 1 is 1.18 bits per heavy atom. The van der Waals surface area contributed by atoms with E-state index in [4.69, 9.17) is 9.47 Å². The minimum absolute atomic E-state index is 0.0156. The van der Waals surface area contributed by atoms with E-state index >= 15 is 0 Å². The average molecular weight is 620 g/mol. The van der Waals surface area contributed by atoms with Crippen LogP contribution < -0.4 is 20.7 Å². The number of likely N-dealkylation sites (tertiary alicyclic amines) is 1. The van der Waals surface area contributed by atoms with Crippen molar-refractivity contribution < 1.29 is 36.9 Å². The summed E-state index contributed by atoms with van der Waals surface area (Å²) in [6, 6.07) is 10.8. The smallest absolute Gasteiger partial charge is 0.406 e. The summed E-state index contributed by atoms with van der Waals surface area (Å²) >= 11 is 0. The van der Waals surface area contributed by atoms with Crippen LogP contribution in [0.1, 0.15) is 22.5 Å². The molecule has 0 spiro atoms. The van der Waals surface area contributed by atoms with Crippen LogP contribution in [0, 0.1) is 11.8 Å². The van der Waals surface area contributed by atoms with Crippen molar-refractivity contribution in [2.24, 2.45) is 0 Å². The van der Waals surface area contributed by atoms with Gasteiger partial charge in [0, 0.05) is 43.4 Å². The van der Waals surface area contributed by atoms with E-state index in [9.17, 15) is 27.5 Å². The highest BCUT2D eigenvalue weighted by atomic mass is 19.4. The predicted molar refractivity (Wildman–Crippen MR) is 161 cm³/mol. The van der Waals surface area contributed by atoms with Crippen LogP contribution in [-0.4, -0.2) is 99.0 Å². The van der Waals surface area contributed by atoms with Crippen molar-refractivity contribution in [3.05, 3.63) is 53.7 Å². The molecule has 13 heteroatoms. The van der Waals surface area contributed by atoms with Gasteiger partial charge in [0.2, 0.25) is 0 Å². The van der Waals surface area contributed by atoms with Gasteiger partial charge in [-0.05, 0) is 55.8 Å². The quantitative estimate of drug-likeness (QED) is 0.191. The molecule has 1 aromatic heterocycles. The number of fused-ring (bicyclic) bond motifs is 1. The van der Waals surface area contributed by atoms with Crippen LogP contribution in [0.2, 0.25) is 0 Å². The Morgan fingerprint density at radius 2 is 1.98 bits per heavy atom. The molecule has 0 bridgehead atoms. The second-order valence-corrected chi connectivity index (χ2v) is 10.7. The third-order valence-corrected chi connectivity index (χ3v) is 7.27. The highest BCUT2D eigenvalue weighted by Crippen LogP contribution is 2.32. The summed E-state index contributed by atoms with van der Waals surface area (Å²) in [5.74, 6) is 5.67. The topological polar surface area (TPSA) is 100 Å². The van der Waals surface area contributed by atoms with Gasteiger partial charge in [0.25, 0.3) is 5.91 Å². The van der Waals surface area contributed by atoms with Crippen LogP contribution in [0.15, 0.2) is 42.5 Å². The van der Waals surface area contributed by atoms with E-state index in [1.807, 2.05) is 11.9 Å². The molecule has 1 amide bonds. The number of rotatable bonds is 11. The second kappa shape index (κ2) is 14.7. The Labute approximate surface area is 253 Å². The number of anilines is 2. The maximum atomic E-state index is 14.7. The Kier molecular flexibility index (Phi) is 11.0. The van der Waals surface area contributed by atoms with Crippen LogP contribution in [0.5, 0.6) is 5.75 Å². The summed E-state index contributed by atoms with van der Waals surface area (Å²) in [6.45, 7) is -0.0544. The summed E-state index contributed by atoms with van der Waals surface area (Å²) in [5, 5.41) is 19.2. The highest BCUT2D eigenvalue weighted by molar-refractivity contribution is 5.95. The van der Waals surface area contributed by atoms with Gasteiger partial charge in [-0.2, -0.15) is 13.2 Å². The fraction of sp³-hybridized carbons (Fsp3) is 0.452. The fourth-order valence-corrected chi connectivity index (χ4v) is 5.10. The first-order valence-electron chi connectivity index (χ1n) is 14.1. The van der Waals surface area contributed by atoms with Crippen molar-refractivity contribution >= 4 is 28.2 Å². The molecule has 44 heavy (non-hydrogen) atoms. The summed E-state index contributed by atoms with van der Waals surface area (Å²) in [7, 11) is 4.74. The molecule has 1 fully saturated rings. The zero-order chi connectivity index (χ0) is 31.9. The number of aromatic nitrogens is 1. The minimum atomic E-state index is -4.48. The average Bonchev–Trinajstić information content (AvgIpc) is 3.32. The standard InChI is InChI=1S/C31H37F4N5O4/c1-39-13-11-26(24(32)17-39)38-25-7-4-8-28-23(25)15-21(40(28)19-31(33,34)35)6-5-12-36-27-10-9-20(14-29(27)44-3)30(42)37-16-22(41)18-43-2/h4,7-10,14-15,22,24,26,36,38,41H,11-13,16-19H2,1-3H3,(H,37,42)/t22?,24-,26+/m0/s1. The highest BCUT2D eigenvalue weighted by Gasteiger charge is 2.31. The Bertz CT molecular complexity index is 1500. The summed E-state index contributed by atoms with van der Waals surface area (Å²) < 4.78 is 66.8. The Morgan fingerprint density at radius 3 is 2.68 bits per heavy atom. The van der Waals surface area contributed by atoms with Gasteiger partial charge < -0.3 is 40.0 Å². The molecular weight excluding hydrogens is 582 g/mol. The zero-order valence-electron chi connectivity index (χ0n) is 24.8. The van der Waals surface area contributed by atoms with Gasteiger partial charge in [-0.1, -0.05) is 12.0 Å². The van der Waals surface area contributed by atoms with Crippen LogP contribution in [-0.2, 0) is 11.3 Å². The van der Waals surface area contributed by atoms with E-state index in [1.165, 1.54) is 20.3 Å². The molecule has 1 saturated heterocycles.